The lowest BCUT2D eigenvalue weighted by Crippen LogP contribution is -2.39. The first-order chi connectivity index (χ1) is 11.4. The van der Waals surface area contributed by atoms with Gasteiger partial charge in [0, 0.05) is 28.9 Å². The van der Waals surface area contributed by atoms with Crippen LogP contribution in [0.4, 0.5) is 11.4 Å². The van der Waals surface area contributed by atoms with E-state index in [-0.39, 0.29) is 11.6 Å². The van der Waals surface area contributed by atoms with E-state index in [9.17, 15) is 14.9 Å². The number of nitro groups is 1. The Morgan fingerprint density at radius 3 is 2.50 bits per heavy atom. The van der Waals surface area contributed by atoms with Crippen LogP contribution in [0.1, 0.15) is 12.5 Å². The molecule has 2 aromatic carbocycles. The zero-order valence-corrected chi connectivity index (χ0v) is 14.2. The van der Waals surface area contributed by atoms with Gasteiger partial charge in [0.1, 0.15) is 0 Å². The summed E-state index contributed by atoms with van der Waals surface area (Å²) in [5.74, 6) is -0.196. The van der Waals surface area contributed by atoms with Gasteiger partial charge in [0.2, 0.25) is 5.91 Å². The second kappa shape index (κ2) is 7.90. The van der Waals surface area contributed by atoms with Crippen molar-refractivity contribution in [3.63, 3.8) is 0 Å². The first-order valence-corrected chi connectivity index (χ1v) is 7.75. The molecule has 0 aliphatic rings. The number of amides is 1. The highest BCUT2D eigenvalue weighted by molar-refractivity contribution is 6.30. The number of para-hydroxylation sites is 1. The van der Waals surface area contributed by atoms with Gasteiger partial charge in [0.05, 0.1) is 11.0 Å². The van der Waals surface area contributed by atoms with Gasteiger partial charge in [0.15, 0.2) is 0 Å². The molecule has 2 rings (SSSR count). The fourth-order valence-corrected chi connectivity index (χ4v) is 2.33. The molecule has 0 spiro atoms. The predicted octanol–water partition coefficient (Wildman–Crippen LogP) is 3.71. The van der Waals surface area contributed by atoms with Crippen LogP contribution in [-0.4, -0.2) is 28.8 Å². The smallest absolute Gasteiger partial charge is 0.273 e. The van der Waals surface area contributed by atoms with E-state index < -0.39 is 11.0 Å². The molecule has 0 saturated carbocycles. The van der Waals surface area contributed by atoms with Crippen LogP contribution in [0.15, 0.2) is 48.5 Å². The molecule has 6 nitrogen and oxygen atoms in total. The maximum absolute atomic E-state index is 12.3. The summed E-state index contributed by atoms with van der Waals surface area (Å²) in [5.41, 5.74) is 1.26. The molecule has 0 aromatic heterocycles. The first kappa shape index (κ1) is 17.9. The third-order valence-electron chi connectivity index (χ3n) is 3.76. The average molecular weight is 348 g/mol. The molecule has 1 atom stereocenters. The van der Waals surface area contributed by atoms with E-state index in [0.717, 1.165) is 0 Å². The molecule has 126 valence electrons. The fourth-order valence-electron chi connectivity index (χ4n) is 2.21. The van der Waals surface area contributed by atoms with Crippen LogP contribution in [0.5, 0.6) is 0 Å². The number of anilines is 1. The van der Waals surface area contributed by atoms with Gasteiger partial charge in [0.25, 0.3) is 5.69 Å². The molecule has 24 heavy (non-hydrogen) atoms. The second-order valence-corrected chi connectivity index (χ2v) is 5.91. The number of halogens is 1. The standard InChI is InChI=1S/C17H18ClN3O3/c1-12(17(22)19-15-9-7-14(18)8-10-15)20(2)11-13-5-3-4-6-16(13)21(23)24/h3-10,12H,11H2,1-2H3,(H,19,22). The van der Waals surface area contributed by atoms with Gasteiger partial charge in [-0.2, -0.15) is 0 Å². The predicted molar refractivity (Wildman–Crippen MR) is 94.1 cm³/mol. The summed E-state index contributed by atoms with van der Waals surface area (Å²) in [5, 5.41) is 14.5. The monoisotopic (exact) mass is 347 g/mol. The number of nitrogens with one attached hydrogen (secondary N) is 1. The van der Waals surface area contributed by atoms with Gasteiger partial charge < -0.3 is 5.32 Å². The Morgan fingerprint density at radius 2 is 1.88 bits per heavy atom. The van der Waals surface area contributed by atoms with Crippen LogP contribution in [-0.2, 0) is 11.3 Å². The van der Waals surface area contributed by atoms with E-state index >= 15 is 0 Å². The summed E-state index contributed by atoms with van der Waals surface area (Å²) >= 11 is 5.82. The van der Waals surface area contributed by atoms with E-state index in [4.69, 9.17) is 11.6 Å². The van der Waals surface area contributed by atoms with Crippen LogP contribution in [0.25, 0.3) is 0 Å². The van der Waals surface area contributed by atoms with Gasteiger partial charge >= 0.3 is 0 Å². The normalized spacial score (nSPS) is 12.0. The lowest BCUT2D eigenvalue weighted by Gasteiger charge is -2.23. The van der Waals surface area contributed by atoms with E-state index in [0.29, 0.717) is 22.8 Å². The van der Waals surface area contributed by atoms with Crippen LogP contribution in [0.2, 0.25) is 5.02 Å². The highest BCUT2D eigenvalue weighted by atomic mass is 35.5. The molecule has 1 N–H and O–H groups in total. The van der Waals surface area contributed by atoms with Crippen LogP contribution in [0.3, 0.4) is 0 Å². The largest absolute Gasteiger partial charge is 0.325 e. The number of rotatable bonds is 6. The second-order valence-electron chi connectivity index (χ2n) is 5.47. The molecular formula is C17H18ClN3O3. The van der Waals surface area contributed by atoms with Crippen LogP contribution in [0, 0.1) is 10.1 Å². The van der Waals surface area contributed by atoms with Gasteiger partial charge in [-0.3, -0.25) is 19.8 Å². The maximum atomic E-state index is 12.3. The number of hydrogen-bond acceptors (Lipinski definition) is 4. The van der Waals surface area contributed by atoms with Crippen molar-refractivity contribution in [1.82, 2.24) is 4.90 Å². The molecular weight excluding hydrogens is 330 g/mol. The van der Waals surface area contributed by atoms with E-state index in [1.807, 2.05) is 0 Å². The highest BCUT2D eigenvalue weighted by Gasteiger charge is 2.21. The molecule has 0 aliphatic carbocycles. The third kappa shape index (κ3) is 4.53. The van der Waals surface area contributed by atoms with Crippen molar-refractivity contribution < 1.29 is 9.72 Å². The van der Waals surface area contributed by atoms with Crippen LogP contribution < -0.4 is 5.32 Å². The topological polar surface area (TPSA) is 75.5 Å². The Kier molecular flexibility index (Phi) is 5.89. The number of likely N-dealkylation sites (N-methyl/N-ethyl adjacent to an activating group) is 1. The molecule has 0 heterocycles. The molecule has 1 amide bonds. The third-order valence-corrected chi connectivity index (χ3v) is 4.01. The number of nitro benzene ring substituents is 1. The molecule has 0 bridgehead atoms. The van der Waals surface area contributed by atoms with Crippen molar-refractivity contribution in [2.24, 2.45) is 0 Å². The summed E-state index contributed by atoms with van der Waals surface area (Å²) in [6, 6.07) is 12.9. The Labute approximate surface area is 145 Å². The van der Waals surface area contributed by atoms with Crippen molar-refractivity contribution >= 4 is 28.9 Å². The summed E-state index contributed by atoms with van der Waals surface area (Å²) in [6.07, 6.45) is 0. The number of carbonyl (C=O) groups excluding carboxylic acids is 1. The number of nitrogens with zero attached hydrogens (tertiary/aromatic N) is 2. The SMILES string of the molecule is CC(C(=O)Nc1ccc(Cl)cc1)N(C)Cc1ccccc1[N+](=O)[O-]. The fraction of sp³-hybridized carbons (Fsp3) is 0.235. The van der Waals surface area contributed by atoms with Gasteiger partial charge in [-0.1, -0.05) is 29.8 Å². The van der Waals surface area contributed by atoms with Crippen molar-refractivity contribution in [1.29, 1.82) is 0 Å². The Balaban J connectivity index is 2.03. The highest BCUT2D eigenvalue weighted by Crippen LogP contribution is 2.20. The summed E-state index contributed by atoms with van der Waals surface area (Å²) in [4.78, 5) is 24.7. The average Bonchev–Trinajstić information content (AvgIpc) is 2.56. The number of carbonyl (C=O) groups is 1. The van der Waals surface area contributed by atoms with E-state index in [1.54, 1.807) is 61.3 Å². The van der Waals surface area contributed by atoms with Crippen molar-refractivity contribution in [2.75, 3.05) is 12.4 Å². The van der Waals surface area contributed by atoms with E-state index in [1.165, 1.54) is 6.07 Å². The first-order valence-electron chi connectivity index (χ1n) is 7.37. The Morgan fingerprint density at radius 1 is 1.25 bits per heavy atom. The van der Waals surface area contributed by atoms with Crippen LogP contribution >= 0.6 is 11.6 Å². The minimum atomic E-state index is -0.458. The lowest BCUT2D eigenvalue weighted by atomic mass is 10.1. The molecule has 1 unspecified atom stereocenters. The summed E-state index contributed by atoms with van der Waals surface area (Å²) in [7, 11) is 1.75. The minimum Gasteiger partial charge on any atom is -0.325 e. The summed E-state index contributed by atoms with van der Waals surface area (Å²) < 4.78 is 0. The molecule has 0 aliphatic heterocycles. The molecule has 2 aromatic rings. The molecule has 0 fully saturated rings. The quantitative estimate of drug-likeness (QED) is 0.638. The zero-order valence-electron chi connectivity index (χ0n) is 13.4. The van der Waals surface area contributed by atoms with Gasteiger partial charge in [-0.25, -0.2) is 0 Å². The van der Waals surface area contributed by atoms with Gasteiger partial charge in [-0.05, 0) is 38.2 Å². The number of hydrogen-bond donors (Lipinski definition) is 1. The van der Waals surface area contributed by atoms with Crippen molar-refractivity contribution in [3.8, 4) is 0 Å². The molecule has 0 radical (unpaired) electrons. The zero-order chi connectivity index (χ0) is 17.7. The maximum Gasteiger partial charge on any atom is 0.273 e. The Bertz CT molecular complexity index is 734. The van der Waals surface area contributed by atoms with Crippen molar-refractivity contribution in [3.05, 3.63) is 69.2 Å². The van der Waals surface area contributed by atoms with Crippen molar-refractivity contribution in [2.45, 2.75) is 19.5 Å². The summed E-state index contributed by atoms with van der Waals surface area (Å²) in [6.45, 7) is 2.05. The van der Waals surface area contributed by atoms with E-state index in [2.05, 4.69) is 5.32 Å². The Hall–Kier alpha value is -2.44. The molecule has 7 heteroatoms. The number of benzene rings is 2. The molecule has 0 saturated heterocycles. The lowest BCUT2D eigenvalue weighted by molar-refractivity contribution is -0.385. The minimum absolute atomic E-state index is 0.0506. The van der Waals surface area contributed by atoms with Gasteiger partial charge in [-0.15, -0.1) is 0 Å².